The van der Waals surface area contributed by atoms with Gasteiger partial charge >= 0.3 is 5.97 Å². The van der Waals surface area contributed by atoms with E-state index in [1.807, 2.05) is 0 Å². The largest absolute Gasteiger partial charge is 0.478 e. The molecule has 0 fully saturated rings. The van der Waals surface area contributed by atoms with Gasteiger partial charge in [-0.05, 0) is 12.1 Å². The molecule has 2 heterocycles. The highest BCUT2D eigenvalue weighted by molar-refractivity contribution is 5.87. The SMILES string of the molecule is Nc1nc2ccc(C(=O)O)cn2n1. The molecule has 0 aliphatic rings. The van der Waals surface area contributed by atoms with E-state index in [-0.39, 0.29) is 11.5 Å². The molecule has 13 heavy (non-hydrogen) atoms. The minimum Gasteiger partial charge on any atom is -0.478 e. The Kier molecular flexibility index (Phi) is 1.42. The van der Waals surface area contributed by atoms with E-state index in [0.29, 0.717) is 5.65 Å². The van der Waals surface area contributed by atoms with Crippen LogP contribution in [0.1, 0.15) is 10.4 Å². The molecule has 0 unspecified atom stereocenters. The summed E-state index contributed by atoms with van der Waals surface area (Å²) in [4.78, 5) is 14.4. The summed E-state index contributed by atoms with van der Waals surface area (Å²) in [6, 6.07) is 3.00. The maximum Gasteiger partial charge on any atom is 0.337 e. The molecular weight excluding hydrogens is 172 g/mol. The average Bonchev–Trinajstić information content (AvgIpc) is 2.42. The molecule has 0 aromatic carbocycles. The van der Waals surface area contributed by atoms with Crippen molar-refractivity contribution in [1.82, 2.24) is 14.6 Å². The number of anilines is 1. The van der Waals surface area contributed by atoms with Crippen molar-refractivity contribution in [2.45, 2.75) is 0 Å². The molecule has 6 heteroatoms. The van der Waals surface area contributed by atoms with Crippen LogP contribution in [0.4, 0.5) is 5.95 Å². The van der Waals surface area contributed by atoms with Gasteiger partial charge in [-0.3, -0.25) is 0 Å². The summed E-state index contributed by atoms with van der Waals surface area (Å²) in [5.41, 5.74) is 6.01. The number of fused-ring (bicyclic) bond motifs is 1. The Bertz CT molecular complexity index is 476. The first-order valence-corrected chi connectivity index (χ1v) is 3.52. The van der Waals surface area contributed by atoms with Crippen LogP contribution < -0.4 is 5.73 Å². The second-order valence-electron chi connectivity index (χ2n) is 2.50. The van der Waals surface area contributed by atoms with Gasteiger partial charge in [0.25, 0.3) is 0 Å². The van der Waals surface area contributed by atoms with Crippen molar-refractivity contribution in [3.63, 3.8) is 0 Å². The Labute approximate surface area is 72.6 Å². The summed E-state index contributed by atoms with van der Waals surface area (Å²) < 4.78 is 1.33. The number of carbonyl (C=O) groups is 1. The van der Waals surface area contributed by atoms with Gasteiger partial charge in [0.05, 0.1) is 5.56 Å². The van der Waals surface area contributed by atoms with Crippen LogP contribution >= 0.6 is 0 Å². The second kappa shape index (κ2) is 2.44. The molecule has 0 amide bonds. The lowest BCUT2D eigenvalue weighted by molar-refractivity contribution is 0.0696. The first-order valence-electron chi connectivity index (χ1n) is 3.52. The number of nitrogens with zero attached hydrogens (tertiary/aromatic N) is 3. The molecule has 0 atom stereocenters. The summed E-state index contributed by atoms with van der Waals surface area (Å²) >= 11 is 0. The fraction of sp³-hybridized carbons (Fsp3) is 0. The molecule has 2 rings (SSSR count). The number of hydrogen-bond donors (Lipinski definition) is 2. The number of aromatic carboxylic acids is 1. The highest BCUT2D eigenvalue weighted by Crippen LogP contribution is 2.05. The molecule has 0 spiro atoms. The van der Waals surface area contributed by atoms with Crippen molar-refractivity contribution in [3.05, 3.63) is 23.9 Å². The van der Waals surface area contributed by atoms with Gasteiger partial charge in [-0.2, -0.15) is 4.98 Å². The van der Waals surface area contributed by atoms with Gasteiger partial charge in [-0.1, -0.05) is 0 Å². The number of pyridine rings is 1. The van der Waals surface area contributed by atoms with E-state index in [4.69, 9.17) is 10.8 Å². The van der Waals surface area contributed by atoms with E-state index < -0.39 is 5.97 Å². The number of rotatable bonds is 1. The van der Waals surface area contributed by atoms with Gasteiger partial charge in [0.2, 0.25) is 5.95 Å². The minimum atomic E-state index is -1.00. The van der Waals surface area contributed by atoms with Crippen molar-refractivity contribution < 1.29 is 9.90 Å². The summed E-state index contributed by atoms with van der Waals surface area (Å²) in [7, 11) is 0. The summed E-state index contributed by atoms with van der Waals surface area (Å²) in [5, 5.41) is 12.4. The van der Waals surface area contributed by atoms with Crippen molar-refractivity contribution in [2.75, 3.05) is 5.73 Å². The zero-order valence-electron chi connectivity index (χ0n) is 6.51. The van der Waals surface area contributed by atoms with E-state index >= 15 is 0 Å². The van der Waals surface area contributed by atoms with Gasteiger partial charge in [0, 0.05) is 6.20 Å². The zero-order valence-corrected chi connectivity index (χ0v) is 6.51. The molecule has 66 valence electrons. The fourth-order valence-corrected chi connectivity index (χ4v) is 1.03. The first kappa shape index (κ1) is 7.53. The Morgan fingerprint density at radius 3 is 3.00 bits per heavy atom. The highest BCUT2D eigenvalue weighted by Gasteiger charge is 2.05. The number of carboxylic acids is 1. The van der Waals surface area contributed by atoms with E-state index in [0.717, 1.165) is 0 Å². The fourth-order valence-electron chi connectivity index (χ4n) is 1.03. The minimum absolute atomic E-state index is 0.127. The van der Waals surface area contributed by atoms with Gasteiger partial charge in [-0.15, -0.1) is 5.10 Å². The lowest BCUT2D eigenvalue weighted by Gasteiger charge is -1.93. The smallest absolute Gasteiger partial charge is 0.337 e. The van der Waals surface area contributed by atoms with Crippen LogP contribution in [-0.2, 0) is 0 Å². The third-order valence-electron chi connectivity index (χ3n) is 1.59. The Hall–Kier alpha value is -2.11. The third-order valence-corrected chi connectivity index (χ3v) is 1.59. The highest BCUT2D eigenvalue weighted by atomic mass is 16.4. The standard InChI is InChI=1S/C7H6N4O2/c8-7-9-5-2-1-4(6(12)13)3-11(5)10-7/h1-3H,(H2,8,10)(H,12,13). The van der Waals surface area contributed by atoms with Crippen molar-refractivity contribution in [3.8, 4) is 0 Å². The van der Waals surface area contributed by atoms with E-state index in [1.165, 1.54) is 16.8 Å². The van der Waals surface area contributed by atoms with Crippen LogP contribution in [0, 0.1) is 0 Å². The molecule has 0 bridgehead atoms. The molecule has 6 nitrogen and oxygen atoms in total. The monoisotopic (exact) mass is 178 g/mol. The Morgan fingerprint density at radius 1 is 1.54 bits per heavy atom. The van der Waals surface area contributed by atoms with Gasteiger partial charge in [0.15, 0.2) is 5.65 Å². The van der Waals surface area contributed by atoms with Crippen molar-refractivity contribution in [1.29, 1.82) is 0 Å². The number of hydrogen-bond acceptors (Lipinski definition) is 4. The van der Waals surface area contributed by atoms with E-state index in [9.17, 15) is 4.79 Å². The molecule has 2 aromatic rings. The predicted molar refractivity (Wildman–Crippen MR) is 44.4 cm³/mol. The van der Waals surface area contributed by atoms with Crippen LogP contribution in [-0.4, -0.2) is 25.7 Å². The number of carboxylic acid groups (broad SMARTS) is 1. The van der Waals surface area contributed by atoms with E-state index in [1.54, 1.807) is 6.07 Å². The van der Waals surface area contributed by atoms with Crippen molar-refractivity contribution >= 4 is 17.6 Å². The summed E-state index contributed by atoms with van der Waals surface area (Å²) in [5.74, 6) is -0.876. The van der Waals surface area contributed by atoms with Crippen LogP contribution in [0.25, 0.3) is 5.65 Å². The maximum atomic E-state index is 10.6. The Balaban J connectivity index is 2.67. The number of aromatic nitrogens is 3. The normalized spacial score (nSPS) is 10.5. The molecule has 0 saturated carbocycles. The van der Waals surface area contributed by atoms with Crippen LogP contribution in [0.15, 0.2) is 18.3 Å². The molecule has 2 aromatic heterocycles. The third kappa shape index (κ3) is 1.18. The lowest BCUT2D eigenvalue weighted by Crippen LogP contribution is -1.99. The quantitative estimate of drug-likeness (QED) is 0.641. The second-order valence-corrected chi connectivity index (χ2v) is 2.50. The van der Waals surface area contributed by atoms with Crippen LogP contribution in [0.2, 0.25) is 0 Å². The molecule has 0 saturated heterocycles. The molecule has 3 N–H and O–H groups in total. The van der Waals surface area contributed by atoms with Crippen molar-refractivity contribution in [2.24, 2.45) is 0 Å². The van der Waals surface area contributed by atoms with Crippen LogP contribution in [0.3, 0.4) is 0 Å². The Morgan fingerprint density at radius 2 is 2.31 bits per heavy atom. The van der Waals surface area contributed by atoms with Gasteiger partial charge in [0.1, 0.15) is 0 Å². The lowest BCUT2D eigenvalue weighted by atomic mass is 10.3. The number of nitrogens with two attached hydrogens (primary N) is 1. The number of nitrogen functional groups attached to an aromatic ring is 1. The topological polar surface area (TPSA) is 93.5 Å². The van der Waals surface area contributed by atoms with Gasteiger partial charge in [-0.25, -0.2) is 9.31 Å². The summed E-state index contributed by atoms with van der Waals surface area (Å²) in [6.45, 7) is 0. The molecule has 0 radical (unpaired) electrons. The molecule has 0 aliphatic carbocycles. The average molecular weight is 178 g/mol. The maximum absolute atomic E-state index is 10.6. The molecule has 0 aliphatic heterocycles. The zero-order chi connectivity index (χ0) is 9.42. The first-order chi connectivity index (χ1) is 6.16. The predicted octanol–water partition coefficient (Wildman–Crippen LogP) is 0.00970. The van der Waals surface area contributed by atoms with E-state index in [2.05, 4.69) is 10.1 Å². The van der Waals surface area contributed by atoms with Gasteiger partial charge < -0.3 is 10.8 Å². The summed E-state index contributed by atoms with van der Waals surface area (Å²) in [6.07, 6.45) is 1.36. The molecular formula is C7H6N4O2. The van der Waals surface area contributed by atoms with Crippen LogP contribution in [0.5, 0.6) is 0 Å².